The molecule has 0 N–H and O–H groups in total. The summed E-state index contributed by atoms with van der Waals surface area (Å²) in [5.41, 5.74) is 0. The molecule has 1 saturated carbocycles. The second-order valence-corrected chi connectivity index (χ2v) is 9.20. The third kappa shape index (κ3) is 4.64. The fourth-order valence-electron chi connectivity index (χ4n) is 3.34. The molecule has 1 fully saturated rings. The number of nitrogens with zero attached hydrogens (tertiary/aromatic N) is 5. The molecule has 1 unspecified atom stereocenters. The zero-order chi connectivity index (χ0) is 21.1. The molecule has 1 atom stereocenters. The van der Waals surface area contributed by atoms with Gasteiger partial charge >= 0.3 is 0 Å². The number of hydrogen-bond acceptors (Lipinski definition) is 7. The van der Waals surface area contributed by atoms with Crippen LogP contribution in [0.2, 0.25) is 5.02 Å². The van der Waals surface area contributed by atoms with Crippen LogP contribution >= 0.6 is 23.4 Å². The average Bonchev–Trinajstić information content (AvgIpc) is 3.35. The lowest BCUT2D eigenvalue weighted by atomic mass is 10.2. The van der Waals surface area contributed by atoms with Crippen molar-refractivity contribution in [2.24, 2.45) is 0 Å². The third-order valence-electron chi connectivity index (χ3n) is 5.27. The zero-order valence-electron chi connectivity index (χ0n) is 17.4. The van der Waals surface area contributed by atoms with Crippen LogP contribution in [0, 0.1) is 0 Å². The van der Waals surface area contributed by atoms with Crippen molar-refractivity contribution in [2.75, 3.05) is 0 Å². The van der Waals surface area contributed by atoms with Crippen molar-refractivity contribution in [2.45, 2.75) is 75.4 Å². The van der Waals surface area contributed by atoms with Crippen molar-refractivity contribution in [1.29, 1.82) is 0 Å². The lowest BCUT2D eigenvalue weighted by Crippen LogP contribution is -2.14. The predicted octanol–water partition coefficient (Wildman–Crippen LogP) is 5.99. The Hall–Kier alpha value is -2.06. The maximum absolute atomic E-state index is 6.22. The van der Waals surface area contributed by atoms with Gasteiger partial charge in [0.05, 0.1) is 10.3 Å². The van der Waals surface area contributed by atoms with Crippen molar-refractivity contribution < 1.29 is 9.26 Å². The fraction of sp³-hybridized carbons (Fsp3) is 0.524. The summed E-state index contributed by atoms with van der Waals surface area (Å²) in [6.45, 7) is 6.70. The number of benzene rings is 1. The van der Waals surface area contributed by atoms with E-state index in [1.54, 1.807) is 11.8 Å². The van der Waals surface area contributed by atoms with Crippen LogP contribution in [0.15, 0.2) is 33.9 Å². The lowest BCUT2D eigenvalue weighted by Gasteiger charge is -2.20. The van der Waals surface area contributed by atoms with Crippen molar-refractivity contribution in [3.05, 3.63) is 46.8 Å². The van der Waals surface area contributed by atoms with Crippen molar-refractivity contribution in [3.8, 4) is 5.75 Å². The maximum Gasteiger partial charge on any atom is 0.239 e. The third-order valence-corrected chi connectivity index (χ3v) is 6.62. The predicted molar refractivity (Wildman–Crippen MR) is 116 cm³/mol. The van der Waals surface area contributed by atoms with Crippen molar-refractivity contribution >= 4 is 23.4 Å². The van der Waals surface area contributed by atoms with Gasteiger partial charge in [0.15, 0.2) is 16.8 Å². The Kier molecular flexibility index (Phi) is 6.63. The number of aromatic nitrogens is 5. The molecule has 2 heterocycles. The van der Waals surface area contributed by atoms with Gasteiger partial charge < -0.3 is 13.8 Å². The van der Waals surface area contributed by atoms with Gasteiger partial charge in [-0.1, -0.05) is 54.5 Å². The van der Waals surface area contributed by atoms with Crippen LogP contribution in [-0.2, 0) is 6.61 Å². The monoisotopic (exact) mass is 447 g/mol. The number of hydrogen-bond donors (Lipinski definition) is 0. The number of halogens is 1. The second kappa shape index (κ2) is 9.39. The summed E-state index contributed by atoms with van der Waals surface area (Å²) >= 11 is 7.81. The Labute approximate surface area is 185 Å². The quantitative estimate of drug-likeness (QED) is 0.353. The van der Waals surface area contributed by atoms with E-state index in [4.69, 9.17) is 20.9 Å². The summed E-state index contributed by atoms with van der Waals surface area (Å²) in [6, 6.07) is 7.72. The molecule has 160 valence electrons. The van der Waals surface area contributed by atoms with E-state index >= 15 is 0 Å². The van der Waals surface area contributed by atoms with Gasteiger partial charge in [-0.15, -0.1) is 10.2 Å². The van der Waals surface area contributed by atoms with E-state index in [0.29, 0.717) is 29.2 Å². The molecule has 1 aliphatic rings. The fourth-order valence-corrected chi connectivity index (χ4v) is 4.50. The molecule has 0 bridgehead atoms. The minimum Gasteiger partial charge on any atom is -0.484 e. The highest BCUT2D eigenvalue weighted by molar-refractivity contribution is 7.99. The number of thioether (sulfide) groups is 1. The first kappa shape index (κ1) is 21.2. The zero-order valence-corrected chi connectivity index (χ0v) is 19.0. The van der Waals surface area contributed by atoms with Crippen LogP contribution in [0.5, 0.6) is 5.75 Å². The Morgan fingerprint density at radius 2 is 2.00 bits per heavy atom. The van der Waals surface area contributed by atoms with Gasteiger partial charge in [-0.3, -0.25) is 0 Å². The van der Waals surface area contributed by atoms with Crippen LogP contribution in [0.3, 0.4) is 0 Å². The molecular weight excluding hydrogens is 422 g/mol. The van der Waals surface area contributed by atoms with E-state index in [0.717, 1.165) is 42.5 Å². The van der Waals surface area contributed by atoms with Gasteiger partial charge in [0.1, 0.15) is 12.4 Å². The molecule has 0 amide bonds. The van der Waals surface area contributed by atoms with Crippen LogP contribution in [-0.4, -0.2) is 24.9 Å². The first-order valence-corrected chi connectivity index (χ1v) is 11.7. The van der Waals surface area contributed by atoms with E-state index in [9.17, 15) is 0 Å². The van der Waals surface area contributed by atoms with Gasteiger partial charge in [-0.2, -0.15) is 4.98 Å². The molecule has 30 heavy (non-hydrogen) atoms. The molecule has 3 aromatic rings. The van der Waals surface area contributed by atoms with Gasteiger partial charge in [0, 0.05) is 12.0 Å². The summed E-state index contributed by atoms with van der Waals surface area (Å²) in [4.78, 5) is 4.58. The summed E-state index contributed by atoms with van der Waals surface area (Å²) in [5, 5.41) is 14.4. The Balaban J connectivity index is 1.53. The first-order valence-electron chi connectivity index (χ1n) is 10.4. The van der Waals surface area contributed by atoms with Crippen LogP contribution in [0.1, 0.15) is 81.2 Å². The second-order valence-electron chi connectivity index (χ2n) is 7.48. The molecule has 0 saturated heterocycles. The van der Waals surface area contributed by atoms with Crippen LogP contribution in [0.25, 0.3) is 0 Å². The molecule has 9 heteroatoms. The Morgan fingerprint density at radius 3 is 2.70 bits per heavy atom. The Bertz CT molecular complexity index is 983. The maximum atomic E-state index is 6.22. The van der Waals surface area contributed by atoms with Crippen molar-refractivity contribution in [3.63, 3.8) is 0 Å². The first-order chi connectivity index (χ1) is 14.6. The van der Waals surface area contributed by atoms with E-state index in [1.165, 1.54) is 0 Å². The van der Waals surface area contributed by atoms with Crippen LogP contribution in [0.4, 0.5) is 0 Å². The van der Waals surface area contributed by atoms with Gasteiger partial charge in [-0.25, -0.2) is 0 Å². The molecule has 0 aliphatic heterocycles. The number of rotatable bonds is 10. The van der Waals surface area contributed by atoms with Gasteiger partial charge in [0.25, 0.3) is 0 Å². The molecule has 1 aliphatic carbocycles. The highest BCUT2D eigenvalue weighted by Crippen LogP contribution is 2.40. The van der Waals surface area contributed by atoms with E-state index < -0.39 is 0 Å². The van der Waals surface area contributed by atoms with E-state index in [1.807, 2.05) is 24.3 Å². The Morgan fingerprint density at radius 1 is 1.23 bits per heavy atom. The SMILES string of the molecule is CCC(CC)n1c(COc2ccccc2Cl)nnc1SC(C)c1nc(C2CC2)no1. The highest BCUT2D eigenvalue weighted by atomic mass is 35.5. The summed E-state index contributed by atoms with van der Waals surface area (Å²) in [6.07, 6.45) is 4.25. The molecule has 0 radical (unpaired) electrons. The van der Waals surface area contributed by atoms with Crippen LogP contribution < -0.4 is 4.74 Å². The molecule has 0 spiro atoms. The topological polar surface area (TPSA) is 78.9 Å². The average molecular weight is 448 g/mol. The molecule has 7 nitrogen and oxygen atoms in total. The van der Waals surface area contributed by atoms with E-state index in [2.05, 4.69) is 45.7 Å². The van der Waals surface area contributed by atoms with Crippen molar-refractivity contribution in [1.82, 2.24) is 24.9 Å². The normalized spacial score (nSPS) is 15.0. The number of para-hydroxylation sites is 1. The molecule has 1 aromatic carbocycles. The largest absolute Gasteiger partial charge is 0.484 e. The number of ether oxygens (including phenoxy) is 1. The minimum atomic E-state index is -0.0142. The van der Waals surface area contributed by atoms with Gasteiger partial charge in [0.2, 0.25) is 5.89 Å². The lowest BCUT2D eigenvalue weighted by molar-refractivity contribution is 0.278. The minimum absolute atomic E-state index is 0.0142. The summed E-state index contributed by atoms with van der Waals surface area (Å²) in [7, 11) is 0. The molecular formula is C21H26ClN5O2S. The smallest absolute Gasteiger partial charge is 0.239 e. The van der Waals surface area contributed by atoms with Gasteiger partial charge in [-0.05, 0) is 44.7 Å². The van der Waals surface area contributed by atoms with E-state index in [-0.39, 0.29) is 11.3 Å². The summed E-state index contributed by atoms with van der Waals surface area (Å²) in [5.74, 6) is 3.35. The summed E-state index contributed by atoms with van der Waals surface area (Å²) < 4.78 is 13.6. The standard InChI is InChI=1S/C21H26ClN5O2S/c1-4-15(5-2)27-18(12-28-17-9-7-6-8-16(17)22)24-25-21(27)30-13(3)20-23-19(26-29-20)14-10-11-14/h6-9,13-15H,4-5,10-12H2,1-3H3. The molecule has 4 rings (SSSR count). The molecule has 2 aromatic heterocycles. The highest BCUT2D eigenvalue weighted by Gasteiger charge is 2.30.